The molecule has 0 atom stereocenters. The lowest BCUT2D eigenvalue weighted by molar-refractivity contribution is -0.128. The van der Waals surface area contributed by atoms with Crippen LogP contribution in [0.3, 0.4) is 0 Å². The highest BCUT2D eigenvalue weighted by Gasteiger charge is 2.24. The Morgan fingerprint density at radius 3 is 2.52 bits per heavy atom. The number of furan rings is 1. The fourth-order valence-corrected chi connectivity index (χ4v) is 3.13. The molecule has 0 radical (unpaired) electrons. The standard InChI is InChI=1S/C22H26N2O3/c1-15-8-10-24(11-9-15)22(26)20(14-19-5-4-12-27-19)23-21(25)18-7-6-16(2)17(3)13-18/h4-7,12-15H,8-11H2,1-3H3,(H,23,25). The number of likely N-dealkylation sites (tertiary alicyclic amines) is 1. The molecule has 5 nitrogen and oxygen atoms in total. The minimum Gasteiger partial charge on any atom is -0.465 e. The molecule has 2 aromatic rings. The van der Waals surface area contributed by atoms with Crippen molar-refractivity contribution in [2.75, 3.05) is 13.1 Å². The molecule has 1 aromatic heterocycles. The number of carbonyl (C=O) groups excluding carboxylic acids is 2. The van der Waals surface area contributed by atoms with Crippen molar-refractivity contribution in [2.45, 2.75) is 33.6 Å². The topological polar surface area (TPSA) is 62.6 Å². The van der Waals surface area contributed by atoms with E-state index in [-0.39, 0.29) is 17.5 Å². The molecule has 1 N–H and O–H groups in total. The SMILES string of the molecule is Cc1ccc(C(=O)NC(=Cc2ccco2)C(=O)N2CCC(C)CC2)cc1C. The summed E-state index contributed by atoms with van der Waals surface area (Å²) in [5, 5.41) is 2.80. The maximum Gasteiger partial charge on any atom is 0.270 e. The second-order valence-electron chi connectivity index (χ2n) is 7.30. The molecule has 2 heterocycles. The van der Waals surface area contributed by atoms with Gasteiger partial charge in [-0.25, -0.2) is 0 Å². The third-order valence-electron chi connectivity index (χ3n) is 5.15. The minimum absolute atomic E-state index is 0.171. The minimum atomic E-state index is -0.297. The van der Waals surface area contributed by atoms with Gasteiger partial charge in [-0.15, -0.1) is 0 Å². The van der Waals surface area contributed by atoms with Gasteiger partial charge in [0.2, 0.25) is 0 Å². The molecule has 1 aliphatic rings. The summed E-state index contributed by atoms with van der Waals surface area (Å²) >= 11 is 0. The molecule has 1 aromatic carbocycles. The molecule has 5 heteroatoms. The Balaban J connectivity index is 1.82. The zero-order valence-electron chi connectivity index (χ0n) is 16.1. The number of nitrogens with one attached hydrogen (secondary N) is 1. The summed E-state index contributed by atoms with van der Waals surface area (Å²) in [5.74, 6) is 0.686. The van der Waals surface area contributed by atoms with Gasteiger partial charge in [0, 0.05) is 24.7 Å². The van der Waals surface area contributed by atoms with Crippen molar-refractivity contribution in [3.05, 3.63) is 64.7 Å². The third kappa shape index (κ3) is 4.67. The van der Waals surface area contributed by atoms with E-state index in [1.54, 1.807) is 35.4 Å². The Hall–Kier alpha value is -2.82. The summed E-state index contributed by atoms with van der Waals surface area (Å²) in [7, 11) is 0. The summed E-state index contributed by atoms with van der Waals surface area (Å²) in [6.45, 7) is 7.57. The van der Waals surface area contributed by atoms with Gasteiger partial charge >= 0.3 is 0 Å². The Kier molecular flexibility index (Phi) is 5.79. The second kappa shape index (κ2) is 8.25. The zero-order chi connectivity index (χ0) is 19.4. The first-order valence-electron chi connectivity index (χ1n) is 9.37. The van der Waals surface area contributed by atoms with Gasteiger partial charge in [0.05, 0.1) is 6.26 Å². The number of nitrogens with zero attached hydrogens (tertiary/aromatic N) is 1. The van der Waals surface area contributed by atoms with E-state index in [1.807, 2.05) is 26.0 Å². The van der Waals surface area contributed by atoms with Crippen LogP contribution < -0.4 is 5.32 Å². The van der Waals surface area contributed by atoms with Gasteiger partial charge in [-0.1, -0.05) is 13.0 Å². The van der Waals surface area contributed by atoms with Crippen molar-refractivity contribution in [2.24, 2.45) is 5.92 Å². The average molecular weight is 366 g/mol. The molecule has 1 saturated heterocycles. The summed E-state index contributed by atoms with van der Waals surface area (Å²) in [6, 6.07) is 9.03. The lowest BCUT2D eigenvalue weighted by Gasteiger charge is -2.31. The van der Waals surface area contributed by atoms with Gasteiger partial charge in [-0.05, 0) is 68.0 Å². The zero-order valence-corrected chi connectivity index (χ0v) is 16.1. The molecule has 0 bridgehead atoms. The molecular formula is C22H26N2O3. The van der Waals surface area contributed by atoms with E-state index >= 15 is 0 Å². The molecule has 0 saturated carbocycles. The quantitative estimate of drug-likeness (QED) is 0.834. The van der Waals surface area contributed by atoms with Crippen molar-refractivity contribution in [3.8, 4) is 0 Å². The van der Waals surface area contributed by atoms with Crippen LogP contribution in [0.25, 0.3) is 6.08 Å². The highest BCUT2D eigenvalue weighted by atomic mass is 16.3. The molecule has 1 fully saturated rings. The molecular weight excluding hydrogens is 340 g/mol. The molecule has 142 valence electrons. The Morgan fingerprint density at radius 1 is 1.15 bits per heavy atom. The maximum absolute atomic E-state index is 13.0. The number of benzene rings is 1. The Bertz CT molecular complexity index is 844. The fraction of sp³-hybridized carbons (Fsp3) is 0.364. The van der Waals surface area contributed by atoms with Gasteiger partial charge in [-0.2, -0.15) is 0 Å². The van der Waals surface area contributed by atoms with Crippen LogP contribution in [0.2, 0.25) is 0 Å². The van der Waals surface area contributed by atoms with Crippen LogP contribution >= 0.6 is 0 Å². The Labute approximate surface area is 160 Å². The first kappa shape index (κ1) is 19.0. The number of piperidine rings is 1. The Morgan fingerprint density at radius 2 is 1.89 bits per heavy atom. The number of hydrogen-bond donors (Lipinski definition) is 1. The summed E-state index contributed by atoms with van der Waals surface area (Å²) < 4.78 is 5.34. The van der Waals surface area contributed by atoms with E-state index in [4.69, 9.17) is 4.42 Å². The van der Waals surface area contributed by atoms with Crippen LogP contribution in [0.1, 0.15) is 47.0 Å². The largest absolute Gasteiger partial charge is 0.465 e. The first-order chi connectivity index (χ1) is 12.9. The monoisotopic (exact) mass is 366 g/mol. The number of aryl methyl sites for hydroxylation is 2. The smallest absolute Gasteiger partial charge is 0.270 e. The van der Waals surface area contributed by atoms with Gasteiger partial charge < -0.3 is 14.6 Å². The summed E-state index contributed by atoms with van der Waals surface area (Å²) in [4.78, 5) is 27.6. The number of rotatable bonds is 4. The van der Waals surface area contributed by atoms with Crippen molar-refractivity contribution in [1.29, 1.82) is 0 Å². The molecule has 1 aliphatic heterocycles. The number of hydrogen-bond acceptors (Lipinski definition) is 3. The van der Waals surface area contributed by atoms with E-state index < -0.39 is 0 Å². The lowest BCUT2D eigenvalue weighted by atomic mass is 9.99. The highest BCUT2D eigenvalue weighted by molar-refractivity contribution is 6.05. The van der Waals surface area contributed by atoms with Crippen LogP contribution in [0.5, 0.6) is 0 Å². The van der Waals surface area contributed by atoms with Crippen LogP contribution in [-0.4, -0.2) is 29.8 Å². The first-order valence-corrected chi connectivity index (χ1v) is 9.37. The number of amides is 2. The average Bonchev–Trinajstić information content (AvgIpc) is 3.16. The van der Waals surface area contributed by atoms with Gasteiger partial charge in [0.1, 0.15) is 11.5 Å². The predicted molar refractivity (Wildman–Crippen MR) is 105 cm³/mol. The lowest BCUT2D eigenvalue weighted by Crippen LogP contribution is -2.42. The van der Waals surface area contributed by atoms with Crippen molar-refractivity contribution < 1.29 is 14.0 Å². The van der Waals surface area contributed by atoms with Gasteiger partial charge in [-0.3, -0.25) is 9.59 Å². The van der Waals surface area contributed by atoms with Gasteiger partial charge in [0.15, 0.2) is 0 Å². The van der Waals surface area contributed by atoms with Crippen LogP contribution in [0.15, 0.2) is 46.7 Å². The van der Waals surface area contributed by atoms with E-state index in [0.29, 0.717) is 30.3 Å². The van der Waals surface area contributed by atoms with Gasteiger partial charge in [0.25, 0.3) is 11.8 Å². The second-order valence-corrected chi connectivity index (χ2v) is 7.30. The molecule has 0 aliphatic carbocycles. The molecule has 0 spiro atoms. The van der Waals surface area contributed by atoms with Crippen LogP contribution in [-0.2, 0) is 4.79 Å². The molecule has 2 amide bonds. The van der Waals surface area contributed by atoms with E-state index in [9.17, 15) is 9.59 Å². The third-order valence-corrected chi connectivity index (χ3v) is 5.15. The highest BCUT2D eigenvalue weighted by Crippen LogP contribution is 2.19. The van der Waals surface area contributed by atoms with E-state index in [0.717, 1.165) is 24.0 Å². The number of carbonyl (C=O) groups is 2. The molecule has 0 unspecified atom stereocenters. The maximum atomic E-state index is 13.0. The van der Waals surface area contributed by atoms with Crippen LogP contribution in [0.4, 0.5) is 0 Å². The van der Waals surface area contributed by atoms with Crippen molar-refractivity contribution in [1.82, 2.24) is 10.2 Å². The summed E-state index contributed by atoms with van der Waals surface area (Å²) in [5.41, 5.74) is 2.93. The van der Waals surface area contributed by atoms with Crippen molar-refractivity contribution in [3.63, 3.8) is 0 Å². The normalized spacial score (nSPS) is 15.7. The molecule has 3 rings (SSSR count). The van der Waals surface area contributed by atoms with E-state index in [2.05, 4.69) is 12.2 Å². The fourth-order valence-electron chi connectivity index (χ4n) is 3.13. The summed E-state index contributed by atoms with van der Waals surface area (Å²) in [6.07, 6.45) is 5.09. The molecule has 27 heavy (non-hydrogen) atoms. The van der Waals surface area contributed by atoms with Crippen LogP contribution in [0, 0.1) is 19.8 Å². The van der Waals surface area contributed by atoms with E-state index in [1.165, 1.54) is 0 Å². The predicted octanol–water partition coefficient (Wildman–Crippen LogP) is 3.93. The van der Waals surface area contributed by atoms with Crippen molar-refractivity contribution >= 4 is 17.9 Å².